The molecule has 2 aromatic rings. The van der Waals surface area contributed by atoms with E-state index in [2.05, 4.69) is 36.6 Å². The molecule has 2 fully saturated rings. The molecule has 4 atom stereocenters. The van der Waals surface area contributed by atoms with Gasteiger partial charge in [0.25, 0.3) is 0 Å². The molecule has 10 heteroatoms. The molecule has 2 aromatic heterocycles. The Morgan fingerprint density at radius 1 is 1.36 bits per heavy atom. The molecule has 9 nitrogen and oxygen atoms in total. The van der Waals surface area contributed by atoms with E-state index in [1.54, 1.807) is 12.4 Å². The maximum absolute atomic E-state index is 12.9. The standard InChI is InChI=1S/C18H25N7O2.ClH/c1-10(2)14(18-22-16(25-27-18)11-4-3-6-19-8-11)21-17(26)15-12-9-20-7-5-13(12)23-24-15;/h3-4,6,8,10,12-15,20,23-24H,5,7,9H2,1-2H3,(H,21,26);1H. The number of amides is 1. The Bertz CT molecular complexity index is 785. The Morgan fingerprint density at radius 2 is 2.21 bits per heavy atom. The van der Waals surface area contributed by atoms with Crippen LogP contribution in [0.4, 0.5) is 0 Å². The van der Waals surface area contributed by atoms with Gasteiger partial charge in [-0.2, -0.15) is 4.98 Å². The molecule has 4 heterocycles. The fourth-order valence-electron chi connectivity index (χ4n) is 3.71. The summed E-state index contributed by atoms with van der Waals surface area (Å²) >= 11 is 0. The number of aromatic nitrogens is 3. The van der Waals surface area contributed by atoms with Crippen LogP contribution >= 0.6 is 12.4 Å². The van der Waals surface area contributed by atoms with Crippen LogP contribution in [0.1, 0.15) is 32.2 Å². The lowest BCUT2D eigenvalue weighted by molar-refractivity contribution is -0.125. The van der Waals surface area contributed by atoms with Gasteiger partial charge < -0.3 is 15.2 Å². The Morgan fingerprint density at radius 3 is 2.96 bits per heavy atom. The molecule has 1 amide bonds. The van der Waals surface area contributed by atoms with E-state index in [-0.39, 0.29) is 42.2 Å². The van der Waals surface area contributed by atoms with Gasteiger partial charge >= 0.3 is 0 Å². The molecule has 152 valence electrons. The number of hydrazine groups is 1. The van der Waals surface area contributed by atoms with E-state index in [4.69, 9.17) is 4.52 Å². The molecule has 28 heavy (non-hydrogen) atoms. The number of fused-ring (bicyclic) bond motifs is 1. The molecule has 4 unspecified atom stereocenters. The van der Waals surface area contributed by atoms with E-state index >= 15 is 0 Å². The number of piperidine rings is 1. The van der Waals surface area contributed by atoms with Crippen molar-refractivity contribution in [3.05, 3.63) is 30.4 Å². The Balaban J connectivity index is 0.00000225. The highest BCUT2D eigenvalue weighted by molar-refractivity contribution is 5.85. The Hall–Kier alpha value is -2.07. The minimum Gasteiger partial charge on any atom is -0.343 e. The first-order chi connectivity index (χ1) is 13.1. The van der Waals surface area contributed by atoms with Crippen molar-refractivity contribution in [3.8, 4) is 11.4 Å². The largest absolute Gasteiger partial charge is 0.343 e. The van der Waals surface area contributed by atoms with Crippen molar-refractivity contribution in [1.29, 1.82) is 0 Å². The summed E-state index contributed by atoms with van der Waals surface area (Å²) in [7, 11) is 0. The van der Waals surface area contributed by atoms with Crippen molar-refractivity contribution in [2.75, 3.05) is 13.1 Å². The quantitative estimate of drug-likeness (QED) is 0.575. The predicted octanol–water partition coefficient (Wildman–Crippen LogP) is 0.821. The highest BCUT2D eigenvalue weighted by atomic mass is 35.5. The van der Waals surface area contributed by atoms with Crippen molar-refractivity contribution >= 4 is 18.3 Å². The van der Waals surface area contributed by atoms with Gasteiger partial charge in [0.1, 0.15) is 12.1 Å². The van der Waals surface area contributed by atoms with Crippen LogP contribution in [0.25, 0.3) is 11.4 Å². The minimum atomic E-state index is -0.354. The average molecular weight is 408 g/mol. The number of carbonyl (C=O) groups excluding carboxylic acids is 1. The van der Waals surface area contributed by atoms with Gasteiger partial charge in [0.15, 0.2) is 0 Å². The van der Waals surface area contributed by atoms with Crippen molar-refractivity contribution < 1.29 is 9.32 Å². The summed E-state index contributed by atoms with van der Waals surface area (Å²) < 4.78 is 5.46. The van der Waals surface area contributed by atoms with Crippen LogP contribution in [0.2, 0.25) is 0 Å². The second-order valence-electron chi connectivity index (χ2n) is 7.46. The molecule has 2 saturated heterocycles. The number of nitrogens with zero attached hydrogens (tertiary/aromatic N) is 3. The Kier molecular flexibility index (Phi) is 6.61. The predicted molar refractivity (Wildman–Crippen MR) is 105 cm³/mol. The van der Waals surface area contributed by atoms with Crippen molar-refractivity contribution in [3.63, 3.8) is 0 Å². The highest BCUT2D eigenvalue weighted by Gasteiger charge is 2.42. The van der Waals surface area contributed by atoms with E-state index in [1.165, 1.54) is 0 Å². The number of hydrogen-bond donors (Lipinski definition) is 4. The average Bonchev–Trinajstić information content (AvgIpc) is 3.34. The fourth-order valence-corrected chi connectivity index (χ4v) is 3.71. The van der Waals surface area contributed by atoms with Gasteiger partial charge in [-0.15, -0.1) is 12.4 Å². The molecule has 2 aliphatic heterocycles. The third-order valence-corrected chi connectivity index (χ3v) is 5.26. The number of rotatable bonds is 5. The molecule has 0 bridgehead atoms. The SMILES string of the molecule is CC(C)C(NC(=O)C1NNC2CCNCC21)c1nc(-c2cccnc2)no1.Cl. The van der Waals surface area contributed by atoms with Gasteiger partial charge in [0, 0.05) is 36.5 Å². The molecule has 4 rings (SSSR count). The first kappa shape index (κ1) is 20.7. The third kappa shape index (κ3) is 4.17. The molecule has 0 saturated carbocycles. The molecular formula is C18H26ClN7O2. The smallest absolute Gasteiger partial charge is 0.249 e. The van der Waals surface area contributed by atoms with Crippen LogP contribution in [-0.4, -0.2) is 46.2 Å². The molecule has 4 N–H and O–H groups in total. The van der Waals surface area contributed by atoms with Crippen LogP contribution in [0.5, 0.6) is 0 Å². The Labute approximate surface area is 169 Å². The van der Waals surface area contributed by atoms with Crippen LogP contribution < -0.4 is 21.5 Å². The lowest BCUT2D eigenvalue weighted by atomic mass is 9.89. The summed E-state index contributed by atoms with van der Waals surface area (Å²) in [6.07, 6.45) is 4.38. The molecule has 0 radical (unpaired) electrons. The van der Waals surface area contributed by atoms with Gasteiger partial charge in [0.2, 0.25) is 17.6 Å². The zero-order valence-electron chi connectivity index (χ0n) is 15.9. The summed E-state index contributed by atoms with van der Waals surface area (Å²) in [6.45, 7) is 5.83. The van der Waals surface area contributed by atoms with Crippen molar-refractivity contribution in [2.24, 2.45) is 11.8 Å². The second kappa shape index (κ2) is 8.95. The van der Waals surface area contributed by atoms with Gasteiger partial charge in [-0.1, -0.05) is 19.0 Å². The zero-order chi connectivity index (χ0) is 18.8. The lowest BCUT2D eigenvalue weighted by Gasteiger charge is -2.28. The fraction of sp³-hybridized carbons (Fsp3) is 0.556. The molecular weight excluding hydrogens is 382 g/mol. The number of carbonyl (C=O) groups is 1. The van der Waals surface area contributed by atoms with E-state index in [0.717, 1.165) is 25.1 Å². The summed E-state index contributed by atoms with van der Waals surface area (Å²) in [5, 5.41) is 10.5. The van der Waals surface area contributed by atoms with E-state index in [9.17, 15) is 4.79 Å². The van der Waals surface area contributed by atoms with E-state index in [0.29, 0.717) is 17.8 Å². The summed E-state index contributed by atoms with van der Waals surface area (Å²) in [5.41, 5.74) is 7.17. The second-order valence-corrected chi connectivity index (χ2v) is 7.46. The third-order valence-electron chi connectivity index (χ3n) is 5.26. The topological polar surface area (TPSA) is 117 Å². The summed E-state index contributed by atoms with van der Waals surface area (Å²) in [6, 6.07) is 3.37. The zero-order valence-corrected chi connectivity index (χ0v) is 16.7. The highest BCUT2D eigenvalue weighted by Crippen LogP contribution is 2.25. The molecule has 2 aliphatic rings. The minimum absolute atomic E-state index is 0. The van der Waals surface area contributed by atoms with Crippen LogP contribution in [-0.2, 0) is 4.79 Å². The van der Waals surface area contributed by atoms with Gasteiger partial charge in [-0.25, -0.2) is 5.43 Å². The van der Waals surface area contributed by atoms with Gasteiger partial charge in [-0.05, 0) is 31.0 Å². The normalized spacial score (nSPS) is 25.0. The van der Waals surface area contributed by atoms with E-state index in [1.807, 2.05) is 26.0 Å². The van der Waals surface area contributed by atoms with Gasteiger partial charge in [-0.3, -0.25) is 15.2 Å². The molecule has 0 spiro atoms. The van der Waals surface area contributed by atoms with E-state index < -0.39 is 0 Å². The number of nitrogens with one attached hydrogen (secondary N) is 4. The first-order valence-corrected chi connectivity index (χ1v) is 9.39. The first-order valence-electron chi connectivity index (χ1n) is 9.39. The van der Waals surface area contributed by atoms with Crippen LogP contribution in [0, 0.1) is 11.8 Å². The molecule has 0 aliphatic carbocycles. The van der Waals surface area contributed by atoms with Crippen molar-refractivity contribution in [1.82, 2.24) is 36.6 Å². The van der Waals surface area contributed by atoms with Crippen LogP contribution in [0.15, 0.2) is 29.0 Å². The maximum atomic E-state index is 12.9. The number of halogens is 1. The van der Waals surface area contributed by atoms with Gasteiger partial charge in [0.05, 0.1) is 0 Å². The van der Waals surface area contributed by atoms with Crippen LogP contribution in [0.3, 0.4) is 0 Å². The summed E-state index contributed by atoms with van der Waals surface area (Å²) in [4.78, 5) is 21.5. The number of pyridine rings is 1. The molecule has 0 aromatic carbocycles. The maximum Gasteiger partial charge on any atom is 0.249 e. The lowest BCUT2D eigenvalue weighted by Crippen LogP contribution is -2.50. The number of hydrogen-bond acceptors (Lipinski definition) is 8. The summed E-state index contributed by atoms with van der Waals surface area (Å²) in [5.74, 6) is 1.14. The van der Waals surface area contributed by atoms with Crippen molar-refractivity contribution in [2.45, 2.75) is 38.4 Å². The monoisotopic (exact) mass is 407 g/mol.